The van der Waals surface area contributed by atoms with E-state index in [0.29, 0.717) is 0 Å². The van der Waals surface area contributed by atoms with E-state index in [9.17, 15) is 0 Å². The first kappa shape index (κ1) is 7.10. The van der Waals surface area contributed by atoms with Gasteiger partial charge in [0.15, 0.2) is 0 Å². The van der Waals surface area contributed by atoms with E-state index in [4.69, 9.17) is 9.69 Å². The highest BCUT2D eigenvalue weighted by atomic mass is 17.2. The second-order valence-electron chi connectivity index (χ2n) is 3.29. The summed E-state index contributed by atoms with van der Waals surface area (Å²) in [6.45, 7) is 6.38. The summed E-state index contributed by atoms with van der Waals surface area (Å²) in [5.41, 5.74) is -0.0630. The Balaban J connectivity index is 2.35. The van der Waals surface area contributed by atoms with Crippen molar-refractivity contribution in [3.05, 3.63) is 0 Å². The Hall–Kier alpha value is -0.0151. The molecule has 0 amide bonds. The fourth-order valence-corrected chi connectivity index (χ4v) is 0.853. The molecule has 0 radical (unpaired) electrons. The second kappa shape index (κ2) is 2.31. The Bertz CT molecular complexity index is 93.2. The average molecular weight is 128 g/mol. The maximum atomic E-state index is 5.08. The fraction of sp³-hybridized carbons (Fsp3) is 1.00. The van der Waals surface area contributed by atoms with Gasteiger partial charge in [0.1, 0.15) is 0 Å². The van der Waals surface area contributed by atoms with Crippen LogP contribution in [0.1, 0.15) is 20.3 Å². The van der Waals surface area contributed by atoms with Crippen LogP contribution in [0.3, 0.4) is 0 Å². The zero-order valence-corrected chi connectivity index (χ0v) is 6.31. The van der Waals surface area contributed by atoms with Crippen LogP contribution in [0.15, 0.2) is 0 Å². The van der Waals surface area contributed by atoms with Crippen molar-refractivity contribution < 1.29 is 9.69 Å². The molecule has 1 saturated heterocycles. The molecular formula is C6H13BO2. The number of rotatable bonds is 0. The predicted octanol–water partition coefficient (Wildman–Crippen LogP) is 1.74. The third-order valence-corrected chi connectivity index (χ3v) is 1.59. The topological polar surface area (TPSA) is 18.5 Å². The van der Waals surface area contributed by atoms with Gasteiger partial charge in [0.2, 0.25) is 0 Å². The molecule has 0 aromatic heterocycles. The van der Waals surface area contributed by atoms with Crippen molar-refractivity contribution in [1.82, 2.24) is 0 Å². The molecule has 0 aromatic carbocycles. The van der Waals surface area contributed by atoms with Gasteiger partial charge in [-0.15, -0.1) is 0 Å². The fourth-order valence-electron chi connectivity index (χ4n) is 0.853. The molecule has 0 unspecified atom stereocenters. The van der Waals surface area contributed by atoms with Gasteiger partial charge in [-0.05, 0) is 26.6 Å². The van der Waals surface area contributed by atoms with Crippen molar-refractivity contribution in [2.75, 3.05) is 0 Å². The van der Waals surface area contributed by atoms with Crippen molar-refractivity contribution in [2.45, 2.75) is 39.0 Å². The van der Waals surface area contributed by atoms with Gasteiger partial charge >= 0.3 is 6.92 Å². The molecule has 3 heteroatoms. The molecule has 1 heterocycles. The molecule has 1 aliphatic rings. The highest BCUT2D eigenvalue weighted by Crippen LogP contribution is 2.24. The van der Waals surface area contributed by atoms with Gasteiger partial charge in [-0.1, -0.05) is 6.82 Å². The molecule has 9 heavy (non-hydrogen) atoms. The van der Waals surface area contributed by atoms with Gasteiger partial charge in [0, 0.05) is 0 Å². The first-order valence-electron chi connectivity index (χ1n) is 3.45. The predicted molar refractivity (Wildman–Crippen MR) is 37.3 cm³/mol. The minimum Gasteiger partial charge on any atom is -0.305 e. The van der Waals surface area contributed by atoms with Gasteiger partial charge < -0.3 is 4.81 Å². The molecule has 0 N–H and O–H groups in total. The largest absolute Gasteiger partial charge is 0.337 e. The lowest BCUT2D eigenvalue weighted by molar-refractivity contribution is -0.298. The Morgan fingerprint density at radius 3 is 2.44 bits per heavy atom. The van der Waals surface area contributed by atoms with E-state index in [-0.39, 0.29) is 12.5 Å². The maximum Gasteiger partial charge on any atom is 0.337 e. The number of hydrogen-bond acceptors (Lipinski definition) is 2. The quantitative estimate of drug-likeness (QED) is 0.365. The van der Waals surface area contributed by atoms with E-state index in [1.165, 1.54) is 0 Å². The number of hydrogen-bond donors (Lipinski definition) is 0. The molecule has 1 rings (SSSR count). The van der Waals surface area contributed by atoms with Crippen LogP contribution in [-0.2, 0) is 9.69 Å². The summed E-state index contributed by atoms with van der Waals surface area (Å²) >= 11 is 0. The standard InChI is InChI=1S/C6H13BO2/c1-6(2)4-5-7(3)9-8-6/h4-5H2,1-3H3. The third-order valence-electron chi connectivity index (χ3n) is 1.59. The molecular weight excluding hydrogens is 115 g/mol. The SMILES string of the molecule is CB1CCC(C)(C)OO1. The summed E-state index contributed by atoms with van der Waals surface area (Å²) in [6, 6.07) is 0. The van der Waals surface area contributed by atoms with Crippen LogP contribution in [0.2, 0.25) is 13.1 Å². The van der Waals surface area contributed by atoms with E-state index < -0.39 is 0 Å². The molecule has 0 atom stereocenters. The molecule has 0 saturated carbocycles. The first-order chi connectivity index (χ1) is 4.10. The smallest absolute Gasteiger partial charge is 0.305 e. The average Bonchev–Trinajstić information content (AvgIpc) is 1.78. The highest BCUT2D eigenvalue weighted by molar-refractivity contribution is 6.49. The summed E-state index contributed by atoms with van der Waals surface area (Å²) in [5, 5.41) is 0. The molecule has 0 spiro atoms. The van der Waals surface area contributed by atoms with E-state index in [1.54, 1.807) is 0 Å². The molecule has 1 aliphatic heterocycles. The molecule has 0 bridgehead atoms. The van der Waals surface area contributed by atoms with Crippen molar-refractivity contribution in [2.24, 2.45) is 0 Å². The molecule has 0 aliphatic carbocycles. The summed E-state index contributed by atoms with van der Waals surface area (Å²) in [4.78, 5) is 10.1. The van der Waals surface area contributed by atoms with E-state index in [0.717, 1.165) is 12.7 Å². The van der Waals surface area contributed by atoms with Crippen LogP contribution in [0, 0.1) is 0 Å². The normalized spacial score (nSPS) is 26.3. The van der Waals surface area contributed by atoms with Gasteiger partial charge in [0.05, 0.1) is 5.60 Å². The van der Waals surface area contributed by atoms with Crippen LogP contribution in [-0.4, -0.2) is 12.5 Å². The molecule has 1 fully saturated rings. The van der Waals surface area contributed by atoms with Gasteiger partial charge in [-0.3, -0.25) is 0 Å². The lowest BCUT2D eigenvalue weighted by Crippen LogP contribution is -2.34. The monoisotopic (exact) mass is 128 g/mol. The lowest BCUT2D eigenvalue weighted by atomic mass is 9.64. The Morgan fingerprint density at radius 1 is 1.44 bits per heavy atom. The third kappa shape index (κ3) is 1.99. The minimum atomic E-state index is -0.0630. The summed E-state index contributed by atoms with van der Waals surface area (Å²) in [5.74, 6) is 0. The van der Waals surface area contributed by atoms with Crippen molar-refractivity contribution in [3.63, 3.8) is 0 Å². The first-order valence-corrected chi connectivity index (χ1v) is 3.45. The summed E-state index contributed by atoms with van der Waals surface area (Å²) in [7, 11) is 0. The van der Waals surface area contributed by atoms with E-state index in [1.807, 2.05) is 20.7 Å². The van der Waals surface area contributed by atoms with Crippen molar-refractivity contribution >= 4 is 6.92 Å². The summed E-state index contributed by atoms with van der Waals surface area (Å²) in [6.07, 6.45) is 2.20. The van der Waals surface area contributed by atoms with Crippen LogP contribution < -0.4 is 0 Å². The summed E-state index contributed by atoms with van der Waals surface area (Å²) < 4.78 is 0. The molecule has 2 nitrogen and oxygen atoms in total. The lowest BCUT2D eigenvalue weighted by Gasteiger charge is -2.30. The van der Waals surface area contributed by atoms with Crippen LogP contribution in [0.5, 0.6) is 0 Å². The Labute approximate surface area is 56.6 Å². The molecule has 52 valence electrons. The zero-order chi connectivity index (χ0) is 6.91. The van der Waals surface area contributed by atoms with Gasteiger partial charge in [-0.25, -0.2) is 4.89 Å². The minimum absolute atomic E-state index is 0.0630. The van der Waals surface area contributed by atoms with Gasteiger partial charge in [-0.2, -0.15) is 0 Å². The highest BCUT2D eigenvalue weighted by Gasteiger charge is 2.28. The van der Waals surface area contributed by atoms with Crippen LogP contribution >= 0.6 is 0 Å². The van der Waals surface area contributed by atoms with Crippen molar-refractivity contribution in [3.8, 4) is 0 Å². The van der Waals surface area contributed by atoms with E-state index >= 15 is 0 Å². The van der Waals surface area contributed by atoms with Crippen molar-refractivity contribution in [1.29, 1.82) is 0 Å². The maximum absolute atomic E-state index is 5.08. The van der Waals surface area contributed by atoms with Crippen LogP contribution in [0.4, 0.5) is 0 Å². The van der Waals surface area contributed by atoms with Gasteiger partial charge in [0.25, 0.3) is 0 Å². The Morgan fingerprint density at radius 2 is 2.11 bits per heavy atom. The molecule has 0 aromatic rings. The van der Waals surface area contributed by atoms with Crippen LogP contribution in [0.25, 0.3) is 0 Å². The second-order valence-corrected chi connectivity index (χ2v) is 3.29. The Kier molecular flexibility index (Phi) is 1.82. The zero-order valence-electron chi connectivity index (χ0n) is 6.31. The van der Waals surface area contributed by atoms with E-state index in [2.05, 4.69) is 0 Å².